The van der Waals surface area contributed by atoms with Gasteiger partial charge in [-0.1, -0.05) is 30.0 Å². The molecule has 4 nitrogen and oxygen atoms in total. The van der Waals surface area contributed by atoms with Gasteiger partial charge in [-0.05, 0) is 49.2 Å². The predicted octanol–water partition coefficient (Wildman–Crippen LogP) is 4.15. The van der Waals surface area contributed by atoms with Crippen molar-refractivity contribution in [3.05, 3.63) is 65.5 Å². The molecule has 0 aromatic heterocycles. The highest BCUT2D eigenvalue weighted by atomic mass is 32.2. The van der Waals surface area contributed by atoms with Crippen molar-refractivity contribution < 1.29 is 9.18 Å². The smallest absolute Gasteiger partial charge is 0.175 e. The van der Waals surface area contributed by atoms with Crippen LogP contribution in [-0.2, 0) is 0 Å². The standard InChI is InChI=1S/C18H20FN3OS/c1-13-5-2-3-6-16(13)22(21)18(20)24-12-4-7-17(23)14-8-10-15(19)11-9-14/h2-3,5-6,8-11,20H,4,7,12,21H2,1H3. The molecule has 24 heavy (non-hydrogen) atoms. The lowest BCUT2D eigenvalue weighted by Gasteiger charge is -2.20. The Bertz CT molecular complexity index is 718. The van der Waals surface area contributed by atoms with E-state index in [9.17, 15) is 9.18 Å². The second-order valence-electron chi connectivity index (χ2n) is 5.34. The van der Waals surface area contributed by atoms with Gasteiger partial charge in [0.15, 0.2) is 11.0 Å². The highest BCUT2D eigenvalue weighted by Crippen LogP contribution is 2.20. The SMILES string of the molecule is Cc1ccccc1N(N)C(=N)SCCCC(=O)c1ccc(F)cc1. The van der Waals surface area contributed by atoms with Gasteiger partial charge in [0.1, 0.15) is 5.82 Å². The fourth-order valence-electron chi connectivity index (χ4n) is 2.19. The minimum absolute atomic E-state index is 0.0226. The van der Waals surface area contributed by atoms with Crippen LogP contribution in [0, 0.1) is 18.2 Å². The zero-order chi connectivity index (χ0) is 17.5. The summed E-state index contributed by atoms with van der Waals surface area (Å²) < 4.78 is 12.8. The molecule has 0 bridgehead atoms. The van der Waals surface area contributed by atoms with E-state index < -0.39 is 0 Å². The Hall–Kier alpha value is -2.18. The second kappa shape index (κ2) is 8.61. The molecule has 0 saturated carbocycles. The summed E-state index contributed by atoms with van der Waals surface area (Å²) >= 11 is 1.30. The number of carbonyl (C=O) groups is 1. The maximum Gasteiger partial charge on any atom is 0.175 e. The molecule has 0 aliphatic heterocycles. The molecule has 0 heterocycles. The number of nitrogens with two attached hydrogens (primary N) is 1. The molecule has 2 rings (SSSR count). The van der Waals surface area contributed by atoms with Gasteiger partial charge >= 0.3 is 0 Å². The van der Waals surface area contributed by atoms with Crippen LogP contribution >= 0.6 is 11.8 Å². The molecule has 0 spiro atoms. The number of carbonyl (C=O) groups excluding carboxylic acids is 1. The van der Waals surface area contributed by atoms with Gasteiger partial charge in [-0.25, -0.2) is 10.2 Å². The molecule has 126 valence electrons. The topological polar surface area (TPSA) is 70.2 Å². The molecule has 0 saturated heterocycles. The van der Waals surface area contributed by atoms with Crippen molar-refractivity contribution in [3.8, 4) is 0 Å². The highest BCUT2D eigenvalue weighted by molar-refractivity contribution is 8.14. The van der Waals surface area contributed by atoms with Crippen LogP contribution < -0.4 is 10.9 Å². The van der Waals surface area contributed by atoms with Crippen LogP contribution in [0.5, 0.6) is 0 Å². The zero-order valence-electron chi connectivity index (χ0n) is 13.5. The number of halogens is 1. The molecular formula is C18H20FN3OS. The van der Waals surface area contributed by atoms with E-state index in [1.54, 1.807) is 0 Å². The predicted molar refractivity (Wildman–Crippen MR) is 98.0 cm³/mol. The van der Waals surface area contributed by atoms with Crippen LogP contribution in [0.15, 0.2) is 48.5 Å². The number of benzene rings is 2. The van der Waals surface area contributed by atoms with Crippen LogP contribution in [0.1, 0.15) is 28.8 Å². The summed E-state index contributed by atoms with van der Waals surface area (Å²) in [5.74, 6) is 6.21. The van der Waals surface area contributed by atoms with E-state index >= 15 is 0 Å². The molecule has 0 amide bonds. The molecule has 2 aromatic rings. The molecule has 0 unspecified atom stereocenters. The molecule has 6 heteroatoms. The summed E-state index contributed by atoms with van der Waals surface area (Å²) in [6.45, 7) is 1.94. The van der Waals surface area contributed by atoms with Gasteiger partial charge in [0, 0.05) is 17.7 Å². The van der Waals surface area contributed by atoms with Gasteiger partial charge in [-0.2, -0.15) is 0 Å². The molecule has 2 aromatic carbocycles. The van der Waals surface area contributed by atoms with Crippen molar-refractivity contribution >= 4 is 28.4 Å². The van der Waals surface area contributed by atoms with Crippen molar-refractivity contribution in [1.29, 1.82) is 5.41 Å². The van der Waals surface area contributed by atoms with Crippen LogP contribution in [0.2, 0.25) is 0 Å². The van der Waals surface area contributed by atoms with Crippen molar-refractivity contribution in [3.63, 3.8) is 0 Å². The Morgan fingerprint density at radius 3 is 2.54 bits per heavy atom. The number of para-hydroxylation sites is 1. The normalized spacial score (nSPS) is 10.5. The zero-order valence-corrected chi connectivity index (χ0v) is 14.3. The quantitative estimate of drug-likeness (QED) is 0.206. The average Bonchev–Trinajstić information content (AvgIpc) is 2.58. The lowest BCUT2D eigenvalue weighted by atomic mass is 10.1. The minimum Gasteiger partial charge on any atom is -0.294 e. The van der Waals surface area contributed by atoms with E-state index in [1.165, 1.54) is 41.0 Å². The third-order valence-electron chi connectivity index (χ3n) is 3.55. The maximum atomic E-state index is 12.8. The molecule has 0 fully saturated rings. The van der Waals surface area contributed by atoms with Crippen LogP contribution in [-0.4, -0.2) is 16.7 Å². The van der Waals surface area contributed by atoms with E-state index in [0.29, 0.717) is 24.2 Å². The van der Waals surface area contributed by atoms with Crippen molar-refractivity contribution in [2.24, 2.45) is 5.84 Å². The number of aryl methyl sites for hydroxylation is 1. The maximum absolute atomic E-state index is 12.8. The second-order valence-corrected chi connectivity index (χ2v) is 6.43. The number of anilines is 1. The van der Waals surface area contributed by atoms with Gasteiger partial charge < -0.3 is 0 Å². The Morgan fingerprint density at radius 2 is 1.88 bits per heavy atom. The molecule has 0 aliphatic rings. The minimum atomic E-state index is -0.352. The summed E-state index contributed by atoms with van der Waals surface area (Å²) in [7, 11) is 0. The first-order chi connectivity index (χ1) is 11.5. The summed E-state index contributed by atoms with van der Waals surface area (Å²) in [6, 6.07) is 13.2. The number of hydrogen-bond acceptors (Lipinski definition) is 4. The van der Waals surface area contributed by atoms with Crippen molar-refractivity contribution in [2.45, 2.75) is 19.8 Å². The highest BCUT2D eigenvalue weighted by Gasteiger charge is 2.11. The number of hydrogen-bond donors (Lipinski definition) is 2. The fourth-order valence-corrected chi connectivity index (χ4v) is 2.91. The summed E-state index contributed by atoms with van der Waals surface area (Å²) in [5, 5.41) is 9.62. The number of nitrogens with one attached hydrogen (secondary N) is 1. The number of rotatable bonds is 6. The lowest BCUT2D eigenvalue weighted by molar-refractivity contribution is 0.0982. The number of Topliss-reactive ketones (excluding diaryl/α,β-unsaturated/α-hetero) is 1. The Balaban J connectivity index is 1.77. The van der Waals surface area contributed by atoms with E-state index in [2.05, 4.69) is 0 Å². The third kappa shape index (κ3) is 4.91. The van der Waals surface area contributed by atoms with E-state index in [-0.39, 0.29) is 16.8 Å². The Labute approximate surface area is 145 Å². The first-order valence-corrected chi connectivity index (χ1v) is 8.58. The number of thioether (sulfide) groups is 1. The molecule has 0 aliphatic carbocycles. The number of amidine groups is 1. The van der Waals surface area contributed by atoms with Gasteiger partial charge in [0.05, 0.1) is 5.69 Å². The number of hydrazine groups is 1. The monoisotopic (exact) mass is 345 g/mol. The van der Waals surface area contributed by atoms with Crippen LogP contribution in [0.25, 0.3) is 0 Å². The Morgan fingerprint density at radius 1 is 1.21 bits per heavy atom. The largest absolute Gasteiger partial charge is 0.294 e. The van der Waals surface area contributed by atoms with Crippen LogP contribution in [0.3, 0.4) is 0 Å². The molecule has 0 atom stereocenters. The van der Waals surface area contributed by atoms with Crippen LogP contribution in [0.4, 0.5) is 10.1 Å². The molecule has 3 N–H and O–H groups in total. The summed E-state index contributed by atoms with van der Waals surface area (Å²) in [4.78, 5) is 12.0. The first kappa shape index (κ1) is 18.2. The Kier molecular flexibility index (Phi) is 6.52. The van der Waals surface area contributed by atoms with E-state index in [4.69, 9.17) is 11.3 Å². The number of nitrogens with zero attached hydrogens (tertiary/aromatic N) is 1. The van der Waals surface area contributed by atoms with Crippen molar-refractivity contribution in [2.75, 3.05) is 10.8 Å². The fraction of sp³-hybridized carbons (Fsp3) is 0.222. The number of ketones is 1. The van der Waals surface area contributed by atoms with Gasteiger partial charge in [0.25, 0.3) is 0 Å². The van der Waals surface area contributed by atoms with E-state index in [1.807, 2.05) is 31.2 Å². The third-order valence-corrected chi connectivity index (χ3v) is 4.51. The molecule has 0 radical (unpaired) electrons. The van der Waals surface area contributed by atoms with Crippen molar-refractivity contribution in [1.82, 2.24) is 0 Å². The van der Waals surface area contributed by atoms with Gasteiger partial charge in [0.2, 0.25) is 0 Å². The summed E-state index contributed by atoms with van der Waals surface area (Å²) in [5.41, 5.74) is 2.30. The average molecular weight is 345 g/mol. The lowest BCUT2D eigenvalue weighted by Crippen LogP contribution is -2.35. The van der Waals surface area contributed by atoms with Gasteiger partial charge in [-0.3, -0.25) is 15.2 Å². The van der Waals surface area contributed by atoms with Gasteiger partial charge in [-0.15, -0.1) is 0 Å². The van der Waals surface area contributed by atoms with E-state index in [0.717, 1.165) is 11.3 Å². The summed E-state index contributed by atoms with van der Waals surface area (Å²) in [6.07, 6.45) is 0.992. The first-order valence-electron chi connectivity index (χ1n) is 7.59. The molecular weight excluding hydrogens is 325 g/mol.